The largest absolute Gasteiger partial charge is 0.496 e. The van der Waals surface area contributed by atoms with Crippen LogP contribution in [0.25, 0.3) is 0 Å². The molecule has 1 N–H and O–H groups in total. The number of hydrogen-bond donors (Lipinski definition) is 1. The fourth-order valence-electron chi connectivity index (χ4n) is 3.10. The second-order valence-electron chi connectivity index (χ2n) is 6.82. The summed E-state index contributed by atoms with van der Waals surface area (Å²) < 4.78 is 16.5. The second-order valence-corrected chi connectivity index (χ2v) is 6.82. The lowest BCUT2D eigenvalue weighted by atomic mass is 10.1. The van der Waals surface area contributed by atoms with Crippen LogP contribution in [-0.4, -0.2) is 25.6 Å². The number of methoxy groups -OCH3 is 1. The van der Waals surface area contributed by atoms with Gasteiger partial charge in [0.2, 0.25) is 6.10 Å². The third-order valence-electron chi connectivity index (χ3n) is 4.59. The summed E-state index contributed by atoms with van der Waals surface area (Å²) >= 11 is 0. The molecular formula is C25H25NO5. The van der Waals surface area contributed by atoms with Crippen LogP contribution in [0.5, 0.6) is 11.5 Å². The highest BCUT2D eigenvalue weighted by Crippen LogP contribution is 2.28. The highest BCUT2D eigenvalue weighted by Gasteiger charge is 2.27. The Kier molecular flexibility index (Phi) is 7.27. The molecule has 0 spiro atoms. The Hall–Kier alpha value is -3.80. The van der Waals surface area contributed by atoms with Gasteiger partial charge in [-0.1, -0.05) is 54.1 Å². The van der Waals surface area contributed by atoms with Crippen molar-refractivity contribution >= 4 is 17.6 Å². The number of para-hydroxylation sites is 2. The molecule has 0 saturated carbocycles. The maximum absolute atomic E-state index is 13.2. The van der Waals surface area contributed by atoms with E-state index in [0.717, 1.165) is 5.56 Å². The molecule has 31 heavy (non-hydrogen) atoms. The van der Waals surface area contributed by atoms with Crippen molar-refractivity contribution in [3.05, 3.63) is 89.5 Å². The van der Waals surface area contributed by atoms with Gasteiger partial charge in [-0.15, -0.1) is 0 Å². The van der Waals surface area contributed by atoms with Crippen molar-refractivity contribution in [3.63, 3.8) is 0 Å². The number of anilines is 1. The molecule has 0 bridgehead atoms. The lowest BCUT2D eigenvalue weighted by Gasteiger charge is -2.20. The minimum absolute atomic E-state index is 0.256. The number of ether oxygens (including phenoxy) is 3. The zero-order chi connectivity index (χ0) is 22.2. The van der Waals surface area contributed by atoms with Crippen LogP contribution in [0.15, 0.2) is 72.8 Å². The average molecular weight is 419 g/mol. The molecule has 1 amide bonds. The number of carbonyl (C=O) groups is 2. The van der Waals surface area contributed by atoms with E-state index in [1.807, 2.05) is 32.0 Å². The molecular weight excluding hydrogens is 394 g/mol. The molecule has 0 aliphatic carbocycles. The van der Waals surface area contributed by atoms with E-state index in [9.17, 15) is 9.59 Å². The SMILES string of the molecule is CCOc1ccccc1NC(=O)[C@@H](OC(=O)c1cc(C)ccc1OC)c1ccccc1. The molecule has 0 radical (unpaired) electrons. The Labute approximate surface area is 181 Å². The maximum Gasteiger partial charge on any atom is 0.343 e. The Morgan fingerprint density at radius 1 is 0.935 bits per heavy atom. The molecule has 0 saturated heterocycles. The number of benzene rings is 3. The van der Waals surface area contributed by atoms with E-state index in [2.05, 4.69) is 5.32 Å². The first-order chi connectivity index (χ1) is 15.0. The minimum Gasteiger partial charge on any atom is -0.496 e. The summed E-state index contributed by atoms with van der Waals surface area (Å²) in [6.45, 7) is 4.18. The van der Waals surface area contributed by atoms with Gasteiger partial charge in [0.15, 0.2) is 0 Å². The van der Waals surface area contributed by atoms with Crippen LogP contribution in [0.2, 0.25) is 0 Å². The summed E-state index contributed by atoms with van der Waals surface area (Å²) in [5.41, 5.74) is 2.18. The lowest BCUT2D eigenvalue weighted by Crippen LogP contribution is -2.26. The summed E-state index contributed by atoms with van der Waals surface area (Å²) in [4.78, 5) is 26.2. The molecule has 0 aliphatic rings. The first-order valence-corrected chi connectivity index (χ1v) is 9.96. The van der Waals surface area contributed by atoms with E-state index in [-0.39, 0.29) is 5.56 Å². The zero-order valence-electron chi connectivity index (χ0n) is 17.8. The molecule has 0 aliphatic heterocycles. The topological polar surface area (TPSA) is 73.9 Å². The van der Waals surface area contributed by atoms with Gasteiger partial charge in [-0.05, 0) is 38.1 Å². The third-order valence-corrected chi connectivity index (χ3v) is 4.59. The molecule has 6 heteroatoms. The van der Waals surface area contributed by atoms with Crippen LogP contribution in [0.3, 0.4) is 0 Å². The number of aryl methyl sites for hydroxylation is 1. The molecule has 0 unspecified atom stereocenters. The summed E-state index contributed by atoms with van der Waals surface area (Å²) in [6.07, 6.45) is -1.16. The molecule has 160 valence electrons. The van der Waals surface area contributed by atoms with Crippen LogP contribution in [0, 0.1) is 6.92 Å². The van der Waals surface area contributed by atoms with Gasteiger partial charge in [-0.3, -0.25) is 4.79 Å². The number of nitrogens with one attached hydrogen (secondary N) is 1. The van der Waals surface area contributed by atoms with Crippen LogP contribution < -0.4 is 14.8 Å². The molecule has 3 aromatic rings. The Morgan fingerprint density at radius 2 is 1.65 bits per heavy atom. The minimum atomic E-state index is -1.16. The third kappa shape index (κ3) is 5.42. The predicted molar refractivity (Wildman–Crippen MR) is 119 cm³/mol. The molecule has 6 nitrogen and oxygen atoms in total. The fraction of sp³-hybridized carbons (Fsp3) is 0.200. The number of amides is 1. The van der Waals surface area contributed by atoms with Crippen molar-refractivity contribution in [3.8, 4) is 11.5 Å². The summed E-state index contributed by atoms with van der Waals surface area (Å²) in [7, 11) is 1.48. The van der Waals surface area contributed by atoms with Gasteiger partial charge in [-0.25, -0.2) is 4.79 Å². The van der Waals surface area contributed by atoms with Crippen molar-refractivity contribution in [2.75, 3.05) is 19.0 Å². The van der Waals surface area contributed by atoms with Crippen molar-refractivity contribution in [2.24, 2.45) is 0 Å². The predicted octanol–water partition coefficient (Wildman–Crippen LogP) is 4.94. The Balaban J connectivity index is 1.90. The number of carbonyl (C=O) groups excluding carboxylic acids is 2. The van der Waals surface area contributed by atoms with E-state index in [1.54, 1.807) is 54.6 Å². The molecule has 0 heterocycles. The summed E-state index contributed by atoms with van der Waals surface area (Å²) in [6, 6.07) is 21.2. The molecule has 0 aromatic heterocycles. The number of rotatable bonds is 8. The van der Waals surface area contributed by atoms with Crippen LogP contribution in [0.1, 0.15) is 34.5 Å². The number of esters is 1. The van der Waals surface area contributed by atoms with Gasteiger partial charge in [-0.2, -0.15) is 0 Å². The fourth-order valence-corrected chi connectivity index (χ4v) is 3.10. The summed E-state index contributed by atoms with van der Waals surface area (Å²) in [5, 5.41) is 2.82. The molecule has 3 rings (SSSR count). The second kappa shape index (κ2) is 10.3. The molecule has 3 aromatic carbocycles. The van der Waals surface area contributed by atoms with E-state index in [4.69, 9.17) is 14.2 Å². The van der Waals surface area contributed by atoms with Crippen LogP contribution in [0.4, 0.5) is 5.69 Å². The van der Waals surface area contributed by atoms with E-state index in [0.29, 0.717) is 29.4 Å². The van der Waals surface area contributed by atoms with Crippen molar-refractivity contribution in [1.82, 2.24) is 0 Å². The maximum atomic E-state index is 13.2. The van der Waals surface area contributed by atoms with E-state index >= 15 is 0 Å². The standard InChI is InChI=1S/C25H25NO5/c1-4-30-22-13-9-8-12-20(22)26-24(27)23(18-10-6-5-7-11-18)31-25(28)19-16-17(2)14-15-21(19)29-3/h5-16,23H,4H2,1-3H3,(H,26,27)/t23-/m0/s1. The smallest absolute Gasteiger partial charge is 0.343 e. The van der Waals surface area contributed by atoms with Crippen molar-refractivity contribution in [2.45, 2.75) is 20.0 Å². The van der Waals surface area contributed by atoms with E-state index < -0.39 is 18.0 Å². The van der Waals surface area contributed by atoms with Gasteiger partial charge in [0.1, 0.15) is 17.1 Å². The van der Waals surface area contributed by atoms with Gasteiger partial charge in [0.05, 0.1) is 19.4 Å². The zero-order valence-corrected chi connectivity index (χ0v) is 17.8. The highest BCUT2D eigenvalue weighted by atomic mass is 16.6. The molecule has 1 atom stereocenters. The van der Waals surface area contributed by atoms with Gasteiger partial charge in [0.25, 0.3) is 5.91 Å². The Morgan fingerprint density at radius 3 is 2.35 bits per heavy atom. The average Bonchev–Trinajstić information content (AvgIpc) is 2.79. The van der Waals surface area contributed by atoms with Crippen LogP contribution in [-0.2, 0) is 9.53 Å². The van der Waals surface area contributed by atoms with Gasteiger partial charge in [0, 0.05) is 5.56 Å². The molecule has 0 fully saturated rings. The number of hydrogen-bond acceptors (Lipinski definition) is 5. The highest BCUT2D eigenvalue weighted by molar-refractivity contribution is 5.99. The van der Waals surface area contributed by atoms with E-state index in [1.165, 1.54) is 7.11 Å². The van der Waals surface area contributed by atoms with Crippen LogP contribution >= 0.6 is 0 Å². The lowest BCUT2D eigenvalue weighted by molar-refractivity contribution is -0.125. The van der Waals surface area contributed by atoms with Crippen molar-refractivity contribution in [1.29, 1.82) is 0 Å². The Bertz CT molecular complexity index is 1050. The monoisotopic (exact) mass is 419 g/mol. The first kappa shape index (κ1) is 21.9. The van der Waals surface area contributed by atoms with Gasteiger partial charge < -0.3 is 19.5 Å². The van der Waals surface area contributed by atoms with Gasteiger partial charge >= 0.3 is 5.97 Å². The quantitative estimate of drug-likeness (QED) is 0.524. The summed E-state index contributed by atoms with van der Waals surface area (Å²) in [5.74, 6) is -0.220. The first-order valence-electron chi connectivity index (χ1n) is 9.96. The normalized spacial score (nSPS) is 11.3. The van der Waals surface area contributed by atoms with Crippen molar-refractivity contribution < 1.29 is 23.8 Å².